The van der Waals surface area contributed by atoms with E-state index in [0.29, 0.717) is 18.3 Å². The minimum Gasteiger partial charge on any atom is -0.463 e. The maximum Gasteiger partial charge on any atom is 0.302 e. The third kappa shape index (κ3) is 4.75. The highest BCUT2D eigenvalue weighted by atomic mass is 16.5. The molecule has 0 aliphatic heterocycles. The fourth-order valence-electron chi connectivity index (χ4n) is 9.80. The average Bonchev–Trinajstić information content (AvgIpc) is 3.14. The molecule has 4 rings (SSSR count). The van der Waals surface area contributed by atoms with Gasteiger partial charge in [-0.2, -0.15) is 0 Å². The van der Waals surface area contributed by atoms with Crippen LogP contribution in [0.4, 0.5) is 0 Å². The first kappa shape index (κ1) is 26.8. The van der Waals surface area contributed by atoms with Gasteiger partial charge in [-0.15, -0.1) is 0 Å². The number of ether oxygens (including phenoxy) is 1. The second-order valence-electron chi connectivity index (χ2n) is 13.6. The SMILES string of the molecule is CC(=O)O[C@H]1CC[C@@]2(C)C(C1)[C@H](N=[N+]=[N-])[C@@H](O)[C@H]1[C@@H]3CC[C@H](C(C)CCCC(C)C)[C@@]3(C)CC[C@@H]12. The standard InChI is InChI=1S/C29H49N3O3/c1-17(2)8-7-9-18(3)21-10-11-22-25-23(13-15-28(21,22)5)29(6)14-12-20(35-19(4)33)16-24(29)26(27(25)34)31-32-30/h17-18,20-27,34H,7-16H2,1-6H3/t18?,20-,21+,22-,23-,24?,25-,26-,27-,28+,29+/m0/s1. The van der Waals surface area contributed by atoms with Gasteiger partial charge in [0.15, 0.2) is 0 Å². The molecule has 11 atom stereocenters. The summed E-state index contributed by atoms with van der Waals surface area (Å²) in [6.07, 6.45) is 10.6. The summed E-state index contributed by atoms with van der Waals surface area (Å²) in [5, 5.41) is 16.1. The van der Waals surface area contributed by atoms with Crippen molar-refractivity contribution in [3.8, 4) is 0 Å². The molecule has 198 valence electrons. The van der Waals surface area contributed by atoms with Crippen molar-refractivity contribution in [3.05, 3.63) is 10.4 Å². The van der Waals surface area contributed by atoms with E-state index in [1.54, 1.807) is 0 Å². The number of nitrogens with zero attached hydrogens (tertiary/aromatic N) is 3. The normalized spacial score (nSPS) is 45.6. The number of hydrogen-bond acceptors (Lipinski definition) is 4. The van der Waals surface area contributed by atoms with Crippen molar-refractivity contribution in [1.29, 1.82) is 0 Å². The fourth-order valence-corrected chi connectivity index (χ4v) is 9.80. The maximum atomic E-state index is 11.8. The number of rotatable bonds is 7. The predicted molar refractivity (Wildman–Crippen MR) is 138 cm³/mol. The summed E-state index contributed by atoms with van der Waals surface area (Å²) < 4.78 is 5.60. The van der Waals surface area contributed by atoms with E-state index >= 15 is 0 Å². The molecule has 0 heterocycles. The Morgan fingerprint density at radius 1 is 1.06 bits per heavy atom. The molecule has 0 radical (unpaired) electrons. The van der Waals surface area contributed by atoms with Gasteiger partial charge in [0, 0.05) is 11.8 Å². The summed E-state index contributed by atoms with van der Waals surface area (Å²) in [4.78, 5) is 14.8. The Morgan fingerprint density at radius 2 is 1.74 bits per heavy atom. The molecule has 2 unspecified atom stereocenters. The van der Waals surface area contributed by atoms with Gasteiger partial charge in [0.1, 0.15) is 6.10 Å². The zero-order valence-electron chi connectivity index (χ0n) is 22.9. The average molecular weight is 488 g/mol. The molecule has 4 aliphatic rings. The highest BCUT2D eigenvalue weighted by molar-refractivity contribution is 5.66. The summed E-state index contributed by atoms with van der Waals surface area (Å²) in [5.74, 6) is 3.15. The second-order valence-corrected chi connectivity index (χ2v) is 13.6. The van der Waals surface area contributed by atoms with E-state index in [1.165, 1.54) is 45.4 Å². The van der Waals surface area contributed by atoms with E-state index in [0.717, 1.165) is 37.0 Å². The van der Waals surface area contributed by atoms with E-state index in [-0.39, 0.29) is 34.7 Å². The molecule has 0 saturated heterocycles. The number of carbonyl (C=O) groups excluding carboxylic acids is 1. The number of fused-ring (bicyclic) bond motifs is 5. The summed E-state index contributed by atoms with van der Waals surface area (Å²) >= 11 is 0. The van der Waals surface area contributed by atoms with Crippen LogP contribution in [0.3, 0.4) is 0 Å². The summed E-state index contributed by atoms with van der Waals surface area (Å²) in [7, 11) is 0. The van der Waals surface area contributed by atoms with Gasteiger partial charge in [0.25, 0.3) is 0 Å². The predicted octanol–water partition coefficient (Wildman–Crippen LogP) is 7.30. The topological polar surface area (TPSA) is 95.3 Å². The van der Waals surface area contributed by atoms with Crippen molar-refractivity contribution in [3.63, 3.8) is 0 Å². The van der Waals surface area contributed by atoms with Crippen LogP contribution in [0, 0.1) is 52.3 Å². The highest BCUT2D eigenvalue weighted by Gasteiger charge is 2.65. The monoisotopic (exact) mass is 487 g/mol. The lowest BCUT2D eigenvalue weighted by Gasteiger charge is -2.64. The van der Waals surface area contributed by atoms with Crippen LogP contribution in [0.1, 0.15) is 106 Å². The molecule has 4 saturated carbocycles. The number of esters is 1. The molecule has 6 nitrogen and oxygen atoms in total. The van der Waals surface area contributed by atoms with Gasteiger partial charge in [-0.3, -0.25) is 4.79 Å². The van der Waals surface area contributed by atoms with E-state index in [4.69, 9.17) is 4.74 Å². The first-order valence-electron chi connectivity index (χ1n) is 14.4. The number of azide groups is 1. The molecule has 0 aromatic carbocycles. The molecule has 4 fully saturated rings. The van der Waals surface area contributed by atoms with Crippen LogP contribution in [-0.2, 0) is 9.53 Å². The van der Waals surface area contributed by atoms with Gasteiger partial charge < -0.3 is 9.84 Å². The number of carbonyl (C=O) groups is 1. The number of aliphatic hydroxyl groups excluding tert-OH is 1. The first-order chi connectivity index (χ1) is 16.5. The number of hydrogen-bond donors (Lipinski definition) is 1. The maximum absolute atomic E-state index is 11.8. The van der Waals surface area contributed by atoms with Crippen molar-refractivity contribution in [2.24, 2.45) is 57.4 Å². The van der Waals surface area contributed by atoms with Crippen LogP contribution in [0.5, 0.6) is 0 Å². The first-order valence-corrected chi connectivity index (χ1v) is 14.4. The minimum absolute atomic E-state index is 0.0156. The van der Waals surface area contributed by atoms with Gasteiger partial charge in [-0.1, -0.05) is 59.0 Å². The van der Waals surface area contributed by atoms with Crippen molar-refractivity contribution in [1.82, 2.24) is 0 Å². The quantitative estimate of drug-likeness (QED) is 0.177. The highest BCUT2D eigenvalue weighted by Crippen LogP contribution is 2.68. The molecule has 6 heteroatoms. The Balaban J connectivity index is 1.58. The van der Waals surface area contributed by atoms with Crippen LogP contribution in [-0.4, -0.2) is 29.3 Å². The van der Waals surface area contributed by atoms with Crippen LogP contribution in [0.2, 0.25) is 0 Å². The Bertz CT molecular complexity index is 826. The molecule has 0 spiro atoms. The summed E-state index contributed by atoms with van der Waals surface area (Å²) in [6, 6.07) is -0.436. The lowest BCUT2D eigenvalue weighted by atomic mass is 9.42. The Labute approximate surface area is 212 Å². The zero-order valence-corrected chi connectivity index (χ0v) is 22.9. The molecule has 0 bridgehead atoms. The second kappa shape index (κ2) is 10.2. The molecule has 0 amide bonds. The molecule has 0 aromatic rings. The van der Waals surface area contributed by atoms with E-state index < -0.39 is 12.1 Å². The van der Waals surface area contributed by atoms with Gasteiger partial charge >= 0.3 is 5.97 Å². The van der Waals surface area contributed by atoms with Crippen LogP contribution in [0.25, 0.3) is 10.4 Å². The Morgan fingerprint density at radius 3 is 2.40 bits per heavy atom. The van der Waals surface area contributed by atoms with Crippen molar-refractivity contribution >= 4 is 5.97 Å². The Kier molecular flexibility index (Phi) is 7.84. The molecule has 1 N–H and O–H groups in total. The smallest absolute Gasteiger partial charge is 0.302 e. The van der Waals surface area contributed by atoms with E-state index in [2.05, 4.69) is 44.6 Å². The lowest BCUT2D eigenvalue weighted by Crippen LogP contribution is -2.63. The minimum atomic E-state index is -0.607. The Hall–Kier alpha value is -1.26. The molecular weight excluding hydrogens is 438 g/mol. The van der Waals surface area contributed by atoms with Gasteiger partial charge in [-0.25, -0.2) is 0 Å². The molecular formula is C29H49N3O3. The van der Waals surface area contributed by atoms with Gasteiger partial charge in [0.2, 0.25) is 0 Å². The summed E-state index contributed by atoms with van der Waals surface area (Å²) in [5.41, 5.74) is 9.73. The molecule has 0 aromatic heterocycles. The van der Waals surface area contributed by atoms with E-state index in [9.17, 15) is 15.4 Å². The third-order valence-corrected chi connectivity index (χ3v) is 11.4. The fraction of sp³-hybridized carbons (Fsp3) is 0.966. The van der Waals surface area contributed by atoms with Gasteiger partial charge in [-0.05, 0) is 103 Å². The summed E-state index contributed by atoms with van der Waals surface area (Å²) in [6.45, 7) is 13.5. The van der Waals surface area contributed by atoms with Crippen molar-refractivity contribution < 1.29 is 14.6 Å². The molecule has 4 aliphatic carbocycles. The van der Waals surface area contributed by atoms with Crippen LogP contribution >= 0.6 is 0 Å². The third-order valence-electron chi connectivity index (χ3n) is 11.4. The van der Waals surface area contributed by atoms with Crippen LogP contribution in [0.15, 0.2) is 5.11 Å². The molecule has 35 heavy (non-hydrogen) atoms. The van der Waals surface area contributed by atoms with Crippen molar-refractivity contribution in [2.75, 3.05) is 0 Å². The van der Waals surface area contributed by atoms with E-state index in [1.807, 2.05) is 0 Å². The van der Waals surface area contributed by atoms with Crippen molar-refractivity contribution in [2.45, 2.75) is 124 Å². The van der Waals surface area contributed by atoms with Crippen LogP contribution < -0.4 is 0 Å². The largest absolute Gasteiger partial charge is 0.463 e. The lowest BCUT2D eigenvalue weighted by molar-refractivity contribution is -0.189. The number of aliphatic hydroxyl groups is 1. The van der Waals surface area contributed by atoms with Gasteiger partial charge in [0.05, 0.1) is 12.1 Å². The zero-order chi connectivity index (χ0) is 25.5.